The molecule has 1 aliphatic heterocycles. The van der Waals surface area contributed by atoms with Crippen LogP contribution in [0.25, 0.3) is 0 Å². The van der Waals surface area contributed by atoms with E-state index in [1.54, 1.807) is 0 Å². The quantitative estimate of drug-likeness (QED) is 0.829. The largest absolute Gasteiger partial charge is 0.492 e. The van der Waals surface area contributed by atoms with Gasteiger partial charge in [0.05, 0.1) is 6.10 Å². The van der Waals surface area contributed by atoms with E-state index < -0.39 is 0 Å². The summed E-state index contributed by atoms with van der Waals surface area (Å²) in [4.78, 5) is 2.43. The number of rotatable bonds is 7. The number of hydrogen-bond acceptors (Lipinski definition) is 4. The molecule has 1 aliphatic rings. The highest BCUT2D eigenvalue weighted by Crippen LogP contribution is 2.15. The fourth-order valence-corrected chi connectivity index (χ4v) is 2.64. The highest BCUT2D eigenvalue weighted by molar-refractivity contribution is 5.28. The molecule has 4 heteroatoms. The molecule has 1 fully saturated rings. The van der Waals surface area contributed by atoms with Crippen molar-refractivity contribution in [2.24, 2.45) is 5.73 Å². The van der Waals surface area contributed by atoms with E-state index in [1.807, 2.05) is 24.3 Å². The smallest absolute Gasteiger partial charge is 0.119 e. The summed E-state index contributed by atoms with van der Waals surface area (Å²) in [6.45, 7) is 7.27. The minimum absolute atomic E-state index is 0.398. The Morgan fingerprint density at radius 3 is 3.10 bits per heavy atom. The first-order valence-corrected chi connectivity index (χ1v) is 7.57. The number of nitrogens with zero attached hydrogens (tertiary/aromatic N) is 1. The van der Waals surface area contributed by atoms with Crippen molar-refractivity contribution < 1.29 is 9.47 Å². The van der Waals surface area contributed by atoms with Crippen molar-refractivity contribution in [2.45, 2.75) is 32.4 Å². The van der Waals surface area contributed by atoms with Gasteiger partial charge in [-0.2, -0.15) is 0 Å². The molecule has 0 spiro atoms. The van der Waals surface area contributed by atoms with Gasteiger partial charge < -0.3 is 15.2 Å². The number of hydrogen-bond donors (Lipinski definition) is 1. The molecule has 1 unspecified atom stereocenters. The number of piperidine rings is 1. The maximum Gasteiger partial charge on any atom is 0.119 e. The summed E-state index contributed by atoms with van der Waals surface area (Å²) in [7, 11) is 0. The molecule has 4 nitrogen and oxygen atoms in total. The molecule has 112 valence electrons. The Hall–Kier alpha value is -1.10. The summed E-state index contributed by atoms with van der Waals surface area (Å²) in [6.07, 6.45) is 2.80. The minimum atomic E-state index is 0.398. The fourth-order valence-electron chi connectivity index (χ4n) is 2.64. The van der Waals surface area contributed by atoms with Gasteiger partial charge in [-0.15, -0.1) is 0 Å². The van der Waals surface area contributed by atoms with Crippen LogP contribution in [0.4, 0.5) is 0 Å². The van der Waals surface area contributed by atoms with Crippen LogP contribution in [0, 0.1) is 0 Å². The van der Waals surface area contributed by atoms with Gasteiger partial charge in [-0.05, 0) is 44.0 Å². The first kappa shape index (κ1) is 15.3. The summed E-state index contributed by atoms with van der Waals surface area (Å²) < 4.78 is 11.5. The maximum atomic E-state index is 5.81. The fraction of sp³-hybridized carbons (Fsp3) is 0.625. The van der Waals surface area contributed by atoms with Crippen LogP contribution in [0.15, 0.2) is 24.3 Å². The molecule has 0 amide bonds. The first-order valence-electron chi connectivity index (χ1n) is 7.57. The van der Waals surface area contributed by atoms with Crippen LogP contribution >= 0.6 is 0 Å². The zero-order valence-electron chi connectivity index (χ0n) is 12.4. The van der Waals surface area contributed by atoms with E-state index in [-0.39, 0.29) is 0 Å². The Morgan fingerprint density at radius 1 is 1.40 bits per heavy atom. The van der Waals surface area contributed by atoms with E-state index >= 15 is 0 Å². The lowest BCUT2D eigenvalue weighted by Gasteiger charge is -2.32. The molecule has 0 bridgehead atoms. The lowest BCUT2D eigenvalue weighted by molar-refractivity contribution is 0.00304. The van der Waals surface area contributed by atoms with E-state index in [4.69, 9.17) is 15.2 Å². The van der Waals surface area contributed by atoms with Gasteiger partial charge in [0.15, 0.2) is 0 Å². The third kappa shape index (κ3) is 4.78. The van der Waals surface area contributed by atoms with E-state index in [0.717, 1.165) is 37.6 Å². The number of ether oxygens (including phenoxy) is 2. The predicted molar refractivity (Wildman–Crippen MR) is 80.9 cm³/mol. The van der Waals surface area contributed by atoms with Crippen molar-refractivity contribution in [3.05, 3.63) is 29.8 Å². The topological polar surface area (TPSA) is 47.7 Å². The SMILES string of the molecule is CCOC1CCCN(CCOc2cccc(CN)c2)C1. The molecule has 1 saturated heterocycles. The molecule has 1 aromatic rings. The molecule has 2 N–H and O–H groups in total. The third-order valence-corrected chi connectivity index (χ3v) is 3.68. The average Bonchev–Trinajstić information content (AvgIpc) is 2.48. The molecular weight excluding hydrogens is 252 g/mol. The Bertz CT molecular complexity index is 396. The Morgan fingerprint density at radius 2 is 2.30 bits per heavy atom. The van der Waals surface area contributed by atoms with Crippen LogP contribution < -0.4 is 10.5 Å². The molecule has 0 radical (unpaired) electrons. The Kier molecular flexibility index (Phi) is 6.30. The lowest BCUT2D eigenvalue weighted by atomic mass is 10.1. The van der Waals surface area contributed by atoms with Crippen molar-refractivity contribution in [3.63, 3.8) is 0 Å². The third-order valence-electron chi connectivity index (χ3n) is 3.68. The Labute approximate surface area is 121 Å². The van der Waals surface area contributed by atoms with Crippen molar-refractivity contribution in [1.82, 2.24) is 4.90 Å². The monoisotopic (exact) mass is 278 g/mol. The lowest BCUT2D eigenvalue weighted by Crippen LogP contribution is -2.41. The highest BCUT2D eigenvalue weighted by Gasteiger charge is 2.19. The highest BCUT2D eigenvalue weighted by atomic mass is 16.5. The van der Waals surface area contributed by atoms with Crippen LogP contribution in [-0.2, 0) is 11.3 Å². The number of nitrogens with two attached hydrogens (primary N) is 1. The van der Waals surface area contributed by atoms with Crippen LogP contribution in [0.3, 0.4) is 0 Å². The van der Waals surface area contributed by atoms with Gasteiger partial charge >= 0.3 is 0 Å². The van der Waals surface area contributed by atoms with E-state index in [1.165, 1.54) is 12.8 Å². The summed E-state index contributed by atoms with van der Waals surface area (Å²) in [5.41, 5.74) is 6.74. The molecule has 1 heterocycles. The van der Waals surface area contributed by atoms with E-state index in [2.05, 4.69) is 11.8 Å². The number of likely N-dealkylation sites (tertiary alicyclic amines) is 1. The summed E-state index contributed by atoms with van der Waals surface area (Å²) in [5, 5.41) is 0. The maximum absolute atomic E-state index is 5.81. The van der Waals surface area contributed by atoms with Crippen molar-refractivity contribution in [3.8, 4) is 5.75 Å². The summed E-state index contributed by atoms with van der Waals surface area (Å²) in [6, 6.07) is 8.01. The van der Waals surface area contributed by atoms with Crippen molar-refractivity contribution >= 4 is 0 Å². The van der Waals surface area contributed by atoms with Gasteiger partial charge in [0, 0.05) is 26.2 Å². The Balaban J connectivity index is 1.72. The standard InChI is InChI=1S/C16H26N2O2/c1-2-19-16-7-4-8-18(13-16)9-10-20-15-6-3-5-14(11-15)12-17/h3,5-6,11,16H,2,4,7-10,12-13,17H2,1H3. The first-order chi connectivity index (χ1) is 9.81. The molecular formula is C16H26N2O2. The van der Waals surface area contributed by atoms with Crippen molar-refractivity contribution in [1.29, 1.82) is 0 Å². The molecule has 1 atom stereocenters. The zero-order valence-corrected chi connectivity index (χ0v) is 12.4. The second kappa shape index (κ2) is 8.25. The van der Waals surface area contributed by atoms with Crippen LogP contribution in [0.5, 0.6) is 5.75 Å². The second-order valence-corrected chi connectivity index (χ2v) is 5.22. The minimum Gasteiger partial charge on any atom is -0.492 e. The molecule has 1 aromatic carbocycles. The molecule has 0 aliphatic carbocycles. The van der Waals surface area contributed by atoms with E-state index in [9.17, 15) is 0 Å². The molecule has 20 heavy (non-hydrogen) atoms. The van der Waals surface area contributed by atoms with Gasteiger partial charge in [0.1, 0.15) is 12.4 Å². The summed E-state index contributed by atoms with van der Waals surface area (Å²) in [5.74, 6) is 0.909. The summed E-state index contributed by atoms with van der Waals surface area (Å²) >= 11 is 0. The van der Waals surface area contributed by atoms with E-state index in [0.29, 0.717) is 19.3 Å². The normalized spacial score (nSPS) is 20.0. The average molecular weight is 278 g/mol. The van der Waals surface area contributed by atoms with Gasteiger partial charge in [0.2, 0.25) is 0 Å². The van der Waals surface area contributed by atoms with Crippen LogP contribution in [0.2, 0.25) is 0 Å². The molecule has 2 rings (SSSR count). The van der Waals surface area contributed by atoms with Crippen molar-refractivity contribution in [2.75, 3.05) is 32.8 Å². The van der Waals surface area contributed by atoms with Gasteiger partial charge in [-0.3, -0.25) is 4.90 Å². The van der Waals surface area contributed by atoms with Crippen LogP contribution in [0.1, 0.15) is 25.3 Å². The molecule has 0 saturated carbocycles. The van der Waals surface area contributed by atoms with Crippen LogP contribution in [-0.4, -0.2) is 43.9 Å². The van der Waals surface area contributed by atoms with Gasteiger partial charge in [-0.25, -0.2) is 0 Å². The second-order valence-electron chi connectivity index (χ2n) is 5.22. The van der Waals surface area contributed by atoms with Gasteiger partial charge in [-0.1, -0.05) is 12.1 Å². The zero-order chi connectivity index (χ0) is 14.2. The predicted octanol–water partition coefficient (Wildman–Crippen LogP) is 2.02. The molecule has 0 aromatic heterocycles. The van der Waals surface area contributed by atoms with Gasteiger partial charge in [0.25, 0.3) is 0 Å². The number of benzene rings is 1.